The van der Waals surface area contributed by atoms with Gasteiger partial charge in [0, 0.05) is 29.2 Å². The predicted octanol–water partition coefficient (Wildman–Crippen LogP) is 11.5. The van der Waals surface area contributed by atoms with Gasteiger partial charge in [-0.1, -0.05) is 88.6 Å². The van der Waals surface area contributed by atoms with Crippen LogP contribution in [0.2, 0.25) is 5.02 Å². The summed E-state index contributed by atoms with van der Waals surface area (Å²) in [6.07, 6.45) is 7.97. The summed E-state index contributed by atoms with van der Waals surface area (Å²) in [6, 6.07) is 16.8. The van der Waals surface area contributed by atoms with E-state index < -0.39 is 17.9 Å². The number of benzene rings is 2. The van der Waals surface area contributed by atoms with Crippen molar-refractivity contribution in [3.63, 3.8) is 0 Å². The molecule has 0 spiro atoms. The number of carboxylic acids is 1. The second-order valence-electron chi connectivity index (χ2n) is 11.4. The molecular formula is C39H53ClFNO4U. The quantitative estimate of drug-likeness (QED) is 0.153. The zero-order valence-electron chi connectivity index (χ0n) is 29.3. The van der Waals surface area contributed by atoms with Crippen LogP contribution in [0.1, 0.15) is 124 Å². The molecule has 0 bridgehead atoms. The molecule has 1 aliphatic heterocycles. The molecule has 0 amide bonds. The first-order valence-corrected chi connectivity index (χ1v) is 16.6. The Bertz CT molecular complexity index is 1340. The molecule has 1 N–H and O–H groups in total. The Kier molecular flexibility index (Phi) is 23.7. The molecule has 0 saturated carbocycles. The molecule has 2 atom stereocenters. The van der Waals surface area contributed by atoms with Gasteiger partial charge in [0.15, 0.2) is 0 Å². The third-order valence-corrected chi connectivity index (χ3v) is 7.79. The molecule has 0 aliphatic carbocycles. The monoisotopic (exact) mass is 891 g/mol. The molecule has 1 fully saturated rings. The number of carboxylic acid groups (broad SMARTS) is 1. The van der Waals surface area contributed by atoms with Crippen molar-refractivity contribution < 1.29 is 54.9 Å². The number of carbonyl (C=O) groups is 1. The van der Waals surface area contributed by atoms with E-state index in [0.717, 1.165) is 55.5 Å². The van der Waals surface area contributed by atoms with E-state index in [-0.39, 0.29) is 36.8 Å². The van der Waals surface area contributed by atoms with E-state index in [4.69, 9.17) is 26.2 Å². The number of nitrogens with zero attached hydrogens (tertiary/aromatic N) is 1. The van der Waals surface area contributed by atoms with Crippen molar-refractivity contribution in [3.05, 3.63) is 113 Å². The molecule has 4 rings (SSSR count). The van der Waals surface area contributed by atoms with Crippen molar-refractivity contribution in [1.82, 2.24) is 4.98 Å². The molecule has 256 valence electrons. The average molecular weight is 892 g/mol. The van der Waals surface area contributed by atoms with Crippen LogP contribution < -0.4 is 4.74 Å². The van der Waals surface area contributed by atoms with Gasteiger partial charge < -0.3 is 14.6 Å². The van der Waals surface area contributed by atoms with Crippen LogP contribution in [-0.2, 0) is 4.74 Å². The predicted molar refractivity (Wildman–Crippen MR) is 188 cm³/mol. The van der Waals surface area contributed by atoms with Gasteiger partial charge in [-0.25, -0.2) is 14.2 Å². The Labute approximate surface area is 312 Å². The Hall–Kier alpha value is -2.17. The molecular weight excluding hydrogens is 839 g/mol. The minimum atomic E-state index is -0.979. The molecule has 1 aromatic heterocycles. The molecule has 8 heteroatoms. The van der Waals surface area contributed by atoms with E-state index in [2.05, 4.69) is 58.3 Å². The van der Waals surface area contributed by atoms with E-state index >= 15 is 0 Å². The number of aryl methyl sites for hydroxylation is 2. The van der Waals surface area contributed by atoms with E-state index in [1.165, 1.54) is 30.5 Å². The second kappa shape index (κ2) is 24.9. The number of rotatable bonds is 11. The van der Waals surface area contributed by atoms with Gasteiger partial charge in [-0.2, -0.15) is 18.2 Å². The van der Waals surface area contributed by atoms with Gasteiger partial charge in [0.05, 0.1) is 6.10 Å². The Morgan fingerprint density at radius 1 is 1.15 bits per heavy atom. The fourth-order valence-electron chi connectivity index (χ4n) is 4.34. The molecule has 3 aromatic rings. The minimum Gasteiger partial charge on any atom is -0.543 e. The van der Waals surface area contributed by atoms with Gasteiger partial charge in [0.2, 0.25) is 0 Å². The van der Waals surface area contributed by atoms with Crippen LogP contribution in [0.4, 0.5) is 4.39 Å². The second-order valence-corrected chi connectivity index (χ2v) is 11.8. The molecule has 2 unspecified atom stereocenters. The molecule has 1 aliphatic rings. The number of aromatic nitrogens is 1. The first-order valence-electron chi connectivity index (χ1n) is 16.3. The summed E-state index contributed by atoms with van der Waals surface area (Å²) < 4.78 is 25.1. The van der Waals surface area contributed by atoms with Gasteiger partial charge in [0.25, 0.3) is 0 Å². The number of aromatic carboxylic acids is 1. The van der Waals surface area contributed by atoms with Crippen LogP contribution in [0.15, 0.2) is 60.7 Å². The number of hydrogen-bond donors (Lipinski definition) is 1. The van der Waals surface area contributed by atoms with E-state index in [9.17, 15) is 9.18 Å². The summed E-state index contributed by atoms with van der Waals surface area (Å²) in [5, 5.41) is 8.90. The van der Waals surface area contributed by atoms with Crippen LogP contribution in [0.5, 0.6) is 5.75 Å². The zero-order valence-corrected chi connectivity index (χ0v) is 34.2. The van der Waals surface area contributed by atoms with Gasteiger partial charge in [0.1, 0.15) is 11.5 Å². The zero-order chi connectivity index (χ0) is 34.6. The van der Waals surface area contributed by atoms with Crippen LogP contribution >= 0.6 is 11.6 Å². The smallest absolute Gasteiger partial charge is 0.543 e. The number of ether oxygens (including phenoxy) is 2. The van der Waals surface area contributed by atoms with Crippen LogP contribution in [0, 0.1) is 63.8 Å². The van der Waals surface area contributed by atoms with Gasteiger partial charge in [-0.05, 0) is 69.4 Å². The van der Waals surface area contributed by atoms with Crippen molar-refractivity contribution >= 4 is 17.6 Å². The summed E-state index contributed by atoms with van der Waals surface area (Å²) >= 11 is 5.81. The summed E-state index contributed by atoms with van der Waals surface area (Å²) in [5.41, 5.74) is 4.66. The average Bonchev–Trinajstić information content (AvgIpc) is 2.99. The Morgan fingerprint density at radius 3 is 2.19 bits per heavy atom. The number of halogens is 2. The molecule has 0 radical (unpaired) electrons. The van der Waals surface area contributed by atoms with Crippen molar-refractivity contribution in [3.8, 4) is 5.75 Å². The van der Waals surface area contributed by atoms with Gasteiger partial charge in [-0.15, -0.1) is 18.2 Å². The fraction of sp³-hybridized carbons (Fsp3) is 0.462. The molecule has 5 nitrogen and oxygen atoms in total. The van der Waals surface area contributed by atoms with Crippen molar-refractivity contribution in [2.45, 2.75) is 112 Å². The van der Waals surface area contributed by atoms with E-state index in [1.807, 2.05) is 26.0 Å². The third-order valence-electron chi connectivity index (χ3n) is 7.55. The third kappa shape index (κ3) is 17.2. The van der Waals surface area contributed by atoms with Gasteiger partial charge in [-0.3, -0.25) is 6.92 Å². The summed E-state index contributed by atoms with van der Waals surface area (Å²) in [7, 11) is 0. The first kappa shape index (κ1) is 44.8. The normalized spacial score (nSPS) is 13.6. The largest absolute Gasteiger partial charge is 2.00 e. The summed E-state index contributed by atoms with van der Waals surface area (Å²) in [6.45, 7) is 23.0. The van der Waals surface area contributed by atoms with Crippen molar-refractivity contribution in [1.29, 1.82) is 0 Å². The van der Waals surface area contributed by atoms with Crippen molar-refractivity contribution in [2.24, 2.45) is 0 Å². The molecule has 47 heavy (non-hydrogen) atoms. The van der Waals surface area contributed by atoms with Crippen LogP contribution in [0.25, 0.3) is 0 Å². The Morgan fingerprint density at radius 2 is 1.77 bits per heavy atom. The van der Waals surface area contributed by atoms with E-state index in [1.54, 1.807) is 25.1 Å². The van der Waals surface area contributed by atoms with Crippen LogP contribution in [-0.4, -0.2) is 28.8 Å². The number of allylic oxidation sites excluding steroid dienone is 1. The maximum Gasteiger partial charge on any atom is 2.00 e. The van der Waals surface area contributed by atoms with Crippen LogP contribution in [0.3, 0.4) is 0 Å². The standard InChI is InChI=1S/C21H24ClFO.C8H9NO2.C5H10O.C5H10.U/c1-4-8-16(9-5-2)19-10-6-7-11-21(19)24-15(3)18-13-12-17(22)14-20(18)23;1-5-3-4-7(8(10)11)9-6(5)2;1-2-5-3-4-6-5;1-4-5(2)3;/h6-7,10,12-16H,3-5,8-9H2,1-2H3;3-4H,1-2H3,(H,10,11);5H,2-4H2,1H3;2,4H2,1,3H3;/q-2;;;;+2. The summed E-state index contributed by atoms with van der Waals surface area (Å²) in [4.78, 5) is 14.3. The van der Waals surface area contributed by atoms with Crippen molar-refractivity contribution in [2.75, 3.05) is 6.61 Å². The molecule has 1 saturated heterocycles. The maximum absolute atomic E-state index is 14.1. The fourth-order valence-corrected chi connectivity index (χ4v) is 4.49. The number of para-hydroxylation sites is 1. The number of pyridine rings is 1. The topological polar surface area (TPSA) is 68.7 Å². The summed E-state index contributed by atoms with van der Waals surface area (Å²) in [5.74, 6) is -0.291. The van der Waals surface area contributed by atoms with E-state index in [0.29, 0.717) is 28.4 Å². The SMILES string of the molecule is C=C(C)CC.CCC1CCO1.Cc1ccc(C(=O)O)nc1C.[CH2-]C(Oc1[c-]cccc1C(CCC)CCC)c1ccc(Cl)cc1F.[U+2]. The van der Waals surface area contributed by atoms with Gasteiger partial charge >= 0.3 is 37.1 Å². The molecule has 2 aromatic carbocycles. The number of hydrogen-bond acceptors (Lipinski definition) is 4. The Balaban J connectivity index is 0.000000752. The maximum atomic E-state index is 14.1. The first-order chi connectivity index (χ1) is 21.9. The minimum absolute atomic E-state index is 0. The molecule has 2 heterocycles.